The highest BCUT2D eigenvalue weighted by molar-refractivity contribution is 7.93. The number of nitrogens with zero attached hydrogens (tertiary/aromatic N) is 2. The third kappa shape index (κ3) is 4.78. The molecule has 1 amide bonds. The molecular formula is C24H20ClN3O3S2. The second kappa shape index (κ2) is 9.35. The van der Waals surface area contributed by atoms with Crippen LogP contribution in [0.1, 0.15) is 15.9 Å². The number of sulfonamides is 1. The number of hydrogen-bond donors (Lipinski definition) is 1. The number of hydrogen-bond acceptors (Lipinski definition) is 5. The monoisotopic (exact) mass is 497 g/mol. The van der Waals surface area contributed by atoms with E-state index in [1.807, 2.05) is 25.1 Å². The first-order valence-electron chi connectivity index (χ1n) is 9.96. The summed E-state index contributed by atoms with van der Waals surface area (Å²) in [6.07, 6.45) is 1.49. The van der Waals surface area contributed by atoms with Crippen LogP contribution in [0.3, 0.4) is 0 Å². The number of nitrogens with one attached hydrogen (secondary N) is 1. The van der Waals surface area contributed by atoms with Gasteiger partial charge in [0.25, 0.3) is 15.9 Å². The topological polar surface area (TPSA) is 79.4 Å². The van der Waals surface area contributed by atoms with E-state index in [4.69, 9.17) is 11.6 Å². The second-order valence-electron chi connectivity index (χ2n) is 7.25. The number of carbonyl (C=O) groups excluding carboxylic acids is 1. The molecule has 9 heteroatoms. The number of aryl methyl sites for hydroxylation is 1. The van der Waals surface area contributed by atoms with Gasteiger partial charge in [-0.05, 0) is 55.0 Å². The van der Waals surface area contributed by atoms with Gasteiger partial charge in [0.05, 0.1) is 27.5 Å². The number of aromatic nitrogens is 1. The number of benzene rings is 3. The van der Waals surface area contributed by atoms with E-state index in [-0.39, 0.29) is 22.0 Å². The van der Waals surface area contributed by atoms with Gasteiger partial charge < -0.3 is 0 Å². The third-order valence-corrected chi connectivity index (χ3v) is 8.07. The van der Waals surface area contributed by atoms with Gasteiger partial charge in [0.1, 0.15) is 4.90 Å². The second-order valence-corrected chi connectivity index (χ2v) is 10.5. The minimum Gasteiger partial charge on any atom is -0.298 e. The highest BCUT2D eigenvalue weighted by Gasteiger charge is 2.27. The van der Waals surface area contributed by atoms with E-state index >= 15 is 0 Å². The molecule has 33 heavy (non-hydrogen) atoms. The zero-order chi connectivity index (χ0) is 23.6. The van der Waals surface area contributed by atoms with E-state index in [0.717, 1.165) is 15.8 Å². The van der Waals surface area contributed by atoms with Crippen LogP contribution in [-0.4, -0.2) is 25.9 Å². The lowest BCUT2D eigenvalue weighted by Crippen LogP contribution is -2.31. The highest BCUT2D eigenvalue weighted by Crippen LogP contribution is 2.31. The maximum atomic E-state index is 13.5. The molecule has 0 saturated carbocycles. The van der Waals surface area contributed by atoms with Crippen molar-refractivity contribution in [3.05, 3.63) is 95.5 Å². The van der Waals surface area contributed by atoms with Gasteiger partial charge in [-0.15, -0.1) is 6.58 Å². The van der Waals surface area contributed by atoms with E-state index in [1.54, 1.807) is 30.3 Å². The molecule has 4 aromatic rings. The summed E-state index contributed by atoms with van der Waals surface area (Å²) in [5.74, 6) is -0.478. The number of thiazole rings is 1. The molecule has 4 rings (SSSR count). The standard InChI is InChI=1S/C24H20ClN3O3S2/c1-3-13-28(18-7-5-4-6-8-18)33(30,31)22-15-17(10-11-19(22)25)23(29)27-24-26-20-12-9-16(2)14-21(20)32-24/h3-12,14-15H,1,13H2,2H3,(H,26,27,29). The summed E-state index contributed by atoms with van der Waals surface area (Å²) in [6, 6.07) is 18.6. The fraction of sp³-hybridized carbons (Fsp3) is 0.0833. The summed E-state index contributed by atoms with van der Waals surface area (Å²) in [7, 11) is -4.06. The van der Waals surface area contributed by atoms with Crippen molar-refractivity contribution in [3.63, 3.8) is 0 Å². The lowest BCUT2D eigenvalue weighted by molar-refractivity contribution is 0.102. The lowest BCUT2D eigenvalue weighted by atomic mass is 10.2. The minimum absolute atomic E-state index is 0.0204. The third-order valence-electron chi connectivity index (χ3n) is 4.86. The first-order valence-corrected chi connectivity index (χ1v) is 12.6. The molecule has 3 aromatic carbocycles. The lowest BCUT2D eigenvalue weighted by Gasteiger charge is -2.24. The Bertz CT molecular complexity index is 1450. The molecule has 168 valence electrons. The number of halogens is 1. The van der Waals surface area contributed by atoms with Crippen LogP contribution in [-0.2, 0) is 10.0 Å². The smallest absolute Gasteiger partial charge is 0.266 e. The van der Waals surface area contributed by atoms with Gasteiger partial charge in [-0.25, -0.2) is 13.4 Å². The maximum absolute atomic E-state index is 13.5. The Morgan fingerprint density at radius 3 is 2.64 bits per heavy atom. The van der Waals surface area contributed by atoms with Crippen molar-refractivity contribution in [3.8, 4) is 0 Å². The zero-order valence-corrected chi connectivity index (χ0v) is 20.0. The molecule has 0 unspecified atom stereocenters. The SMILES string of the molecule is C=CCN(c1ccccc1)S(=O)(=O)c1cc(C(=O)Nc2nc3ccc(C)cc3s2)ccc1Cl. The molecule has 0 aliphatic carbocycles. The van der Waals surface area contributed by atoms with Crippen LogP contribution in [0.2, 0.25) is 5.02 Å². The summed E-state index contributed by atoms with van der Waals surface area (Å²) < 4.78 is 29.1. The molecule has 1 heterocycles. The average Bonchev–Trinajstić information content (AvgIpc) is 3.19. The molecule has 0 atom stereocenters. The Morgan fingerprint density at radius 1 is 1.15 bits per heavy atom. The molecule has 1 aromatic heterocycles. The van der Waals surface area contributed by atoms with Crippen LogP contribution in [0.5, 0.6) is 0 Å². The number of carbonyl (C=O) groups is 1. The van der Waals surface area contributed by atoms with Crippen molar-refractivity contribution in [2.75, 3.05) is 16.2 Å². The van der Waals surface area contributed by atoms with Crippen molar-refractivity contribution in [1.82, 2.24) is 4.98 Å². The number of para-hydroxylation sites is 1. The van der Waals surface area contributed by atoms with Gasteiger partial charge in [0, 0.05) is 5.56 Å². The van der Waals surface area contributed by atoms with E-state index < -0.39 is 15.9 Å². The first kappa shape index (κ1) is 23.0. The van der Waals surface area contributed by atoms with Crippen LogP contribution in [0.25, 0.3) is 10.2 Å². The number of anilines is 2. The van der Waals surface area contributed by atoms with E-state index in [9.17, 15) is 13.2 Å². The maximum Gasteiger partial charge on any atom is 0.266 e. The highest BCUT2D eigenvalue weighted by atomic mass is 35.5. The van der Waals surface area contributed by atoms with Crippen molar-refractivity contribution in [2.24, 2.45) is 0 Å². The largest absolute Gasteiger partial charge is 0.298 e. The Labute approximate surface area is 201 Å². The van der Waals surface area contributed by atoms with Gasteiger partial charge in [0.15, 0.2) is 5.13 Å². The fourth-order valence-electron chi connectivity index (χ4n) is 3.27. The Kier molecular flexibility index (Phi) is 6.51. The average molecular weight is 498 g/mol. The van der Waals surface area contributed by atoms with Gasteiger partial charge in [-0.1, -0.05) is 53.3 Å². The molecule has 0 radical (unpaired) electrons. The molecule has 0 aliphatic heterocycles. The summed E-state index contributed by atoms with van der Waals surface area (Å²) >= 11 is 7.62. The number of fused-ring (bicyclic) bond motifs is 1. The molecule has 0 aliphatic rings. The molecule has 0 saturated heterocycles. The first-order chi connectivity index (χ1) is 15.8. The molecule has 0 spiro atoms. The van der Waals surface area contributed by atoms with Crippen molar-refractivity contribution in [2.45, 2.75) is 11.8 Å². The molecular weight excluding hydrogens is 478 g/mol. The van der Waals surface area contributed by atoms with Gasteiger partial charge in [-0.3, -0.25) is 14.4 Å². The van der Waals surface area contributed by atoms with E-state index in [1.165, 1.54) is 39.9 Å². The summed E-state index contributed by atoms with van der Waals surface area (Å²) in [4.78, 5) is 17.2. The van der Waals surface area contributed by atoms with Gasteiger partial charge in [0.2, 0.25) is 0 Å². The zero-order valence-electron chi connectivity index (χ0n) is 17.7. The Morgan fingerprint density at radius 2 is 1.91 bits per heavy atom. The number of amides is 1. The van der Waals surface area contributed by atoms with Crippen LogP contribution in [0.4, 0.5) is 10.8 Å². The predicted molar refractivity (Wildman–Crippen MR) is 135 cm³/mol. The molecule has 1 N–H and O–H groups in total. The molecule has 0 bridgehead atoms. The van der Waals surface area contributed by atoms with Crippen LogP contribution in [0.15, 0.2) is 84.3 Å². The fourth-order valence-corrected chi connectivity index (χ4v) is 6.17. The normalized spacial score (nSPS) is 11.3. The molecule has 6 nitrogen and oxygen atoms in total. The Balaban J connectivity index is 1.67. The van der Waals surface area contributed by atoms with Crippen molar-refractivity contribution in [1.29, 1.82) is 0 Å². The van der Waals surface area contributed by atoms with Crippen molar-refractivity contribution >= 4 is 59.9 Å². The van der Waals surface area contributed by atoms with E-state index in [2.05, 4.69) is 16.9 Å². The minimum atomic E-state index is -4.06. The van der Waals surface area contributed by atoms with Crippen molar-refractivity contribution < 1.29 is 13.2 Å². The summed E-state index contributed by atoms with van der Waals surface area (Å²) in [6.45, 7) is 5.69. The van der Waals surface area contributed by atoms with Crippen LogP contribution >= 0.6 is 22.9 Å². The molecule has 0 fully saturated rings. The number of rotatable bonds is 7. The Hall–Kier alpha value is -3.20. The summed E-state index contributed by atoms with van der Waals surface area (Å²) in [5, 5.41) is 3.20. The van der Waals surface area contributed by atoms with Gasteiger partial charge in [-0.2, -0.15) is 0 Å². The quantitative estimate of drug-likeness (QED) is 0.323. The van der Waals surface area contributed by atoms with Crippen LogP contribution in [0, 0.1) is 6.92 Å². The summed E-state index contributed by atoms with van der Waals surface area (Å²) in [5.41, 5.74) is 2.50. The van der Waals surface area contributed by atoms with Gasteiger partial charge >= 0.3 is 0 Å². The predicted octanol–water partition coefficient (Wildman–Crippen LogP) is 5.89. The van der Waals surface area contributed by atoms with E-state index in [0.29, 0.717) is 10.8 Å². The van der Waals surface area contributed by atoms with Crippen LogP contribution < -0.4 is 9.62 Å².